The number of hydrogen-bond donors (Lipinski definition) is 0. The van der Waals surface area contributed by atoms with Crippen LogP contribution in [0.2, 0.25) is 0 Å². The summed E-state index contributed by atoms with van der Waals surface area (Å²) in [6.45, 7) is 4.85. The Bertz CT molecular complexity index is 1090. The fourth-order valence-corrected chi connectivity index (χ4v) is 4.50. The summed E-state index contributed by atoms with van der Waals surface area (Å²) in [5.41, 5.74) is -0.0703. The molecule has 0 bridgehead atoms. The van der Waals surface area contributed by atoms with Gasteiger partial charge in [0.05, 0.1) is 13.2 Å². The topological polar surface area (TPSA) is 48.0 Å². The van der Waals surface area contributed by atoms with E-state index in [1.54, 1.807) is 11.0 Å². The summed E-state index contributed by atoms with van der Waals surface area (Å²) < 4.78 is 61.2. The van der Waals surface area contributed by atoms with Gasteiger partial charge < -0.3 is 14.2 Å². The first-order valence-electron chi connectivity index (χ1n) is 10.7. The zero-order valence-electron chi connectivity index (χ0n) is 19.0. The zero-order chi connectivity index (χ0) is 23.9. The average Bonchev–Trinajstić information content (AvgIpc) is 3.18. The maximum Gasteiger partial charge on any atom is 0.330 e. The van der Waals surface area contributed by atoms with Crippen molar-refractivity contribution in [3.63, 3.8) is 0 Å². The number of alkyl halides is 1. The lowest BCUT2D eigenvalue weighted by atomic mass is 9.83. The molecular weight excluding hydrogens is 435 g/mol. The van der Waals surface area contributed by atoms with Gasteiger partial charge in [0.25, 0.3) is 0 Å². The lowest BCUT2D eigenvalue weighted by Gasteiger charge is -2.44. The summed E-state index contributed by atoms with van der Waals surface area (Å²) in [5, 5.41) is 0. The Morgan fingerprint density at radius 3 is 2.42 bits per heavy atom. The number of ether oxygens (including phenoxy) is 3. The minimum Gasteiger partial charge on any atom is -0.466 e. The van der Waals surface area contributed by atoms with Crippen molar-refractivity contribution >= 4 is 12.0 Å². The number of methoxy groups -OCH3 is 1. The Hall–Kier alpha value is -3.00. The summed E-state index contributed by atoms with van der Waals surface area (Å²) in [7, 11) is 1.21. The van der Waals surface area contributed by atoms with Crippen LogP contribution < -0.4 is 9.47 Å². The Morgan fingerprint density at radius 2 is 1.82 bits per heavy atom. The average molecular weight is 461 g/mol. The Labute approximate surface area is 190 Å². The van der Waals surface area contributed by atoms with Crippen LogP contribution in [0.3, 0.4) is 0 Å². The number of carbonyl (C=O) groups is 1. The van der Waals surface area contributed by atoms with E-state index in [4.69, 9.17) is 9.47 Å². The number of hydrogen-bond acceptors (Lipinski definition) is 5. The van der Waals surface area contributed by atoms with Crippen LogP contribution >= 0.6 is 0 Å². The molecule has 0 fully saturated rings. The number of carbonyl (C=O) groups excluding carboxylic acids is 1. The van der Waals surface area contributed by atoms with Crippen LogP contribution in [-0.2, 0) is 16.0 Å². The molecule has 2 atom stereocenters. The molecule has 2 aliphatic heterocycles. The lowest BCUT2D eigenvalue weighted by molar-refractivity contribution is -0.134. The Balaban J connectivity index is 1.85. The second kappa shape index (κ2) is 8.74. The van der Waals surface area contributed by atoms with Crippen LogP contribution in [0.15, 0.2) is 30.3 Å². The fourth-order valence-electron chi connectivity index (χ4n) is 4.50. The summed E-state index contributed by atoms with van der Waals surface area (Å²) in [6, 6.07) is 4.83. The van der Waals surface area contributed by atoms with Gasteiger partial charge in [-0.1, -0.05) is 0 Å². The van der Waals surface area contributed by atoms with E-state index in [1.807, 2.05) is 13.0 Å². The van der Waals surface area contributed by atoms with Crippen molar-refractivity contribution in [2.24, 2.45) is 0 Å². The first kappa shape index (κ1) is 23.2. The summed E-state index contributed by atoms with van der Waals surface area (Å²) >= 11 is 0. The lowest BCUT2D eigenvalue weighted by Crippen LogP contribution is -2.48. The Kier molecular flexibility index (Phi) is 6.14. The molecular formula is C25H26F3NO4. The minimum atomic E-state index is -1.59. The highest BCUT2D eigenvalue weighted by molar-refractivity contribution is 5.86. The second-order valence-corrected chi connectivity index (χ2v) is 9.01. The van der Waals surface area contributed by atoms with E-state index < -0.39 is 29.3 Å². The number of esters is 1. The number of nitrogens with zero attached hydrogens (tertiary/aromatic N) is 1. The van der Waals surface area contributed by atoms with E-state index in [0.29, 0.717) is 23.5 Å². The van der Waals surface area contributed by atoms with Gasteiger partial charge in [-0.2, -0.15) is 0 Å². The summed E-state index contributed by atoms with van der Waals surface area (Å²) in [4.78, 5) is 13.1. The Morgan fingerprint density at radius 1 is 1.18 bits per heavy atom. The van der Waals surface area contributed by atoms with Crippen LogP contribution in [0.4, 0.5) is 13.2 Å². The molecule has 2 heterocycles. The van der Waals surface area contributed by atoms with Gasteiger partial charge in [0, 0.05) is 24.2 Å². The molecule has 0 unspecified atom stereocenters. The van der Waals surface area contributed by atoms with E-state index in [0.717, 1.165) is 23.8 Å². The van der Waals surface area contributed by atoms with Crippen molar-refractivity contribution in [2.75, 3.05) is 20.4 Å². The molecule has 0 aliphatic carbocycles. The SMILES string of the molecule is COC(=O)/C=C/c1cc(F)c([C@H]2c3cc4c(cc3C[C@H](C)N2CC(C)(C)F)OCO4)c(F)c1. The van der Waals surface area contributed by atoms with Crippen LogP contribution in [0, 0.1) is 11.6 Å². The van der Waals surface area contributed by atoms with Gasteiger partial charge in [0.15, 0.2) is 11.5 Å². The number of rotatable bonds is 5. The van der Waals surface area contributed by atoms with E-state index in [1.165, 1.54) is 27.0 Å². The maximum absolute atomic E-state index is 15.4. The van der Waals surface area contributed by atoms with Gasteiger partial charge in [-0.15, -0.1) is 0 Å². The molecule has 0 spiro atoms. The standard InChI is InChI=1S/C25H26F3NO4/c1-14-7-16-10-20-21(33-13-32-20)11-17(16)24(29(14)12-25(2,3)28)23-18(26)8-15(9-19(23)27)5-6-22(30)31-4/h5-6,8-11,14,24H,7,12-13H2,1-4H3/b6-5+/t14-,24+/m0/s1. The first-order valence-corrected chi connectivity index (χ1v) is 10.7. The highest BCUT2D eigenvalue weighted by atomic mass is 19.1. The highest BCUT2D eigenvalue weighted by Gasteiger charge is 2.40. The van der Waals surface area contributed by atoms with Crippen LogP contribution in [0.5, 0.6) is 11.5 Å². The maximum atomic E-state index is 15.4. The molecule has 5 nitrogen and oxygen atoms in total. The van der Waals surface area contributed by atoms with Crippen molar-refractivity contribution in [1.29, 1.82) is 0 Å². The number of fused-ring (bicyclic) bond motifs is 2. The van der Waals surface area contributed by atoms with E-state index >= 15 is 8.78 Å². The molecule has 2 aliphatic rings. The van der Waals surface area contributed by atoms with E-state index in [-0.39, 0.29) is 30.5 Å². The molecule has 2 aromatic carbocycles. The highest BCUT2D eigenvalue weighted by Crippen LogP contribution is 2.46. The van der Waals surface area contributed by atoms with E-state index in [2.05, 4.69) is 4.74 Å². The summed E-state index contributed by atoms with van der Waals surface area (Å²) in [5.74, 6) is -1.13. The van der Waals surface area contributed by atoms with Gasteiger partial charge in [-0.3, -0.25) is 4.90 Å². The third-order valence-corrected chi connectivity index (χ3v) is 5.89. The first-order chi connectivity index (χ1) is 15.6. The van der Waals surface area contributed by atoms with Crippen molar-refractivity contribution in [3.8, 4) is 11.5 Å². The second-order valence-electron chi connectivity index (χ2n) is 9.01. The predicted molar refractivity (Wildman–Crippen MR) is 117 cm³/mol. The van der Waals surface area contributed by atoms with Crippen molar-refractivity contribution in [2.45, 2.75) is 44.9 Å². The smallest absolute Gasteiger partial charge is 0.330 e. The molecule has 2 aromatic rings. The molecule has 0 saturated carbocycles. The minimum absolute atomic E-state index is 0.0183. The van der Waals surface area contributed by atoms with Gasteiger partial charge in [-0.05, 0) is 74.2 Å². The zero-order valence-corrected chi connectivity index (χ0v) is 19.0. The third-order valence-electron chi connectivity index (χ3n) is 5.89. The predicted octanol–water partition coefficient (Wildman–Crippen LogP) is 4.96. The third kappa shape index (κ3) is 4.71. The van der Waals surface area contributed by atoms with Crippen molar-refractivity contribution in [1.82, 2.24) is 4.90 Å². The normalized spacial score (nSPS) is 20.2. The molecule has 4 rings (SSSR count). The summed E-state index contributed by atoms with van der Waals surface area (Å²) in [6.07, 6.45) is 2.94. The van der Waals surface area contributed by atoms with Gasteiger partial charge in [0.1, 0.15) is 17.3 Å². The number of halogens is 3. The fraction of sp³-hybridized carbons (Fsp3) is 0.400. The van der Waals surface area contributed by atoms with Crippen LogP contribution in [0.25, 0.3) is 6.08 Å². The van der Waals surface area contributed by atoms with Gasteiger partial charge in [0.2, 0.25) is 6.79 Å². The molecule has 0 amide bonds. The molecule has 8 heteroatoms. The van der Waals surface area contributed by atoms with Crippen molar-refractivity contribution < 1.29 is 32.2 Å². The number of benzene rings is 2. The van der Waals surface area contributed by atoms with Gasteiger partial charge in [-0.25, -0.2) is 18.0 Å². The molecule has 0 radical (unpaired) electrons. The molecule has 0 aromatic heterocycles. The van der Waals surface area contributed by atoms with Crippen LogP contribution in [-0.4, -0.2) is 43.0 Å². The quantitative estimate of drug-likeness (QED) is 0.465. The molecule has 33 heavy (non-hydrogen) atoms. The van der Waals surface area contributed by atoms with E-state index in [9.17, 15) is 9.18 Å². The van der Waals surface area contributed by atoms with Gasteiger partial charge >= 0.3 is 5.97 Å². The molecule has 0 N–H and O–H groups in total. The largest absolute Gasteiger partial charge is 0.466 e. The molecule has 176 valence electrons. The molecule has 0 saturated heterocycles. The monoisotopic (exact) mass is 461 g/mol. The van der Waals surface area contributed by atoms with Crippen LogP contribution in [0.1, 0.15) is 49.1 Å². The van der Waals surface area contributed by atoms with Crippen molar-refractivity contribution in [3.05, 3.63) is 64.2 Å².